The minimum absolute atomic E-state index is 0.0663. The van der Waals surface area contributed by atoms with Crippen LogP contribution in [0, 0.1) is 11.8 Å². The number of aliphatic hydroxyl groups is 1. The van der Waals surface area contributed by atoms with E-state index < -0.39 is 6.23 Å². The zero-order valence-corrected chi connectivity index (χ0v) is 7.59. The van der Waals surface area contributed by atoms with E-state index in [-0.39, 0.29) is 17.7 Å². The fraction of sp³-hybridized carbons (Fsp3) is 0.875. The van der Waals surface area contributed by atoms with Crippen LogP contribution in [-0.4, -0.2) is 17.2 Å². The quantitative estimate of drug-likeness (QED) is 0.596. The van der Waals surface area contributed by atoms with E-state index >= 15 is 0 Å². The molecule has 1 atom stereocenters. The van der Waals surface area contributed by atoms with Crippen LogP contribution in [0.5, 0.6) is 0 Å². The lowest BCUT2D eigenvalue weighted by Gasteiger charge is -2.17. The monoisotopic (exact) mass is 159 g/mol. The third kappa shape index (κ3) is 3.98. The van der Waals surface area contributed by atoms with Crippen molar-refractivity contribution in [3.63, 3.8) is 0 Å². The molecule has 11 heavy (non-hydrogen) atoms. The molecule has 0 saturated carbocycles. The van der Waals surface area contributed by atoms with Crippen molar-refractivity contribution in [2.75, 3.05) is 0 Å². The predicted octanol–water partition coefficient (Wildman–Crippen LogP) is 0.733. The van der Waals surface area contributed by atoms with Crippen molar-refractivity contribution >= 4 is 5.91 Å². The van der Waals surface area contributed by atoms with E-state index in [0.717, 1.165) is 0 Å². The van der Waals surface area contributed by atoms with Gasteiger partial charge in [0.2, 0.25) is 5.91 Å². The number of aliphatic hydroxyl groups excluding tert-OH is 1. The first-order valence-electron chi connectivity index (χ1n) is 3.93. The summed E-state index contributed by atoms with van der Waals surface area (Å²) in [6, 6.07) is 0. The van der Waals surface area contributed by atoms with Crippen LogP contribution in [0.15, 0.2) is 0 Å². The Morgan fingerprint density at radius 3 is 2.00 bits per heavy atom. The Balaban J connectivity index is 3.76. The molecule has 0 bridgehead atoms. The van der Waals surface area contributed by atoms with Gasteiger partial charge in [-0.3, -0.25) is 4.79 Å². The summed E-state index contributed by atoms with van der Waals surface area (Å²) in [5.74, 6) is -0.104. The number of carbonyl (C=O) groups excluding carboxylic acids is 1. The molecule has 3 nitrogen and oxygen atoms in total. The summed E-state index contributed by atoms with van der Waals surface area (Å²) < 4.78 is 0. The largest absolute Gasteiger partial charge is 0.373 e. The maximum atomic E-state index is 11.0. The van der Waals surface area contributed by atoms with Crippen LogP contribution in [0.3, 0.4) is 0 Å². The highest BCUT2D eigenvalue weighted by Gasteiger charge is 2.14. The topological polar surface area (TPSA) is 49.3 Å². The molecule has 0 aromatic carbocycles. The molecule has 0 fully saturated rings. The second kappa shape index (κ2) is 4.34. The van der Waals surface area contributed by atoms with Crippen molar-refractivity contribution in [3.05, 3.63) is 0 Å². The van der Waals surface area contributed by atoms with Crippen LogP contribution in [-0.2, 0) is 4.79 Å². The lowest BCUT2D eigenvalue weighted by molar-refractivity contribution is -0.127. The van der Waals surface area contributed by atoms with Gasteiger partial charge in [0, 0.05) is 5.92 Å². The van der Waals surface area contributed by atoms with E-state index in [1.54, 1.807) is 13.8 Å². The van der Waals surface area contributed by atoms with Gasteiger partial charge in [-0.15, -0.1) is 0 Å². The Labute approximate surface area is 67.8 Å². The smallest absolute Gasteiger partial charge is 0.224 e. The van der Waals surface area contributed by atoms with Crippen LogP contribution < -0.4 is 5.32 Å². The molecular formula is C8H17NO2. The second-order valence-electron chi connectivity index (χ2n) is 3.35. The van der Waals surface area contributed by atoms with Gasteiger partial charge < -0.3 is 10.4 Å². The molecule has 0 rings (SSSR count). The molecule has 0 heterocycles. The van der Waals surface area contributed by atoms with E-state index in [9.17, 15) is 9.90 Å². The summed E-state index contributed by atoms with van der Waals surface area (Å²) in [5.41, 5.74) is 0. The first-order chi connectivity index (χ1) is 4.95. The average molecular weight is 159 g/mol. The minimum atomic E-state index is -0.718. The number of hydrogen-bond donors (Lipinski definition) is 2. The molecule has 0 radical (unpaired) electrons. The first-order valence-corrected chi connectivity index (χ1v) is 3.93. The number of hydrogen-bond acceptors (Lipinski definition) is 2. The van der Waals surface area contributed by atoms with Crippen LogP contribution in [0.2, 0.25) is 0 Å². The average Bonchev–Trinajstić information content (AvgIpc) is 1.87. The van der Waals surface area contributed by atoms with Crippen LogP contribution in [0.4, 0.5) is 0 Å². The van der Waals surface area contributed by atoms with Crippen molar-refractivity contribution in [3.8, 4) is 0 Å². The Morgan fingerprint density at radius 2 is 1.73 bits per heavy atom. The molecule has 3 heteroatoms. The van der Waals surface area contributed by atoms with Crippen LogP contribution in [0.25, 0.3) is 0 Å². The molecule has 0 aliphatic carbocycles. The maximum absolute atomic E-state index is 11.0. The van der Waals surface area contributed by atoms with Crippen molar-refractivity contribution in [1.29, 1.82) is 0 Å². The third-order valence-electron chi connectivity index (χ3n) is 1.45. The van der Waals surface area contributed by atoms with E-state index in [4.69, 9.17) is 0 Å². The third-order valence-corrected chi connectivity index (χ3v) is 1.45. The van der Waals surface area contributed by atoms with Gasteiger partial charge in [-0.2, -0.15) is 0 Å². The number of carbonyl (C=O) groups is 1. The van der Waals surface area contributed by atoms with Crippen molar-refractivity contribution in [2.45, 2.75) is 33.9 Å². The Kier molecular flexibility index (Phi) is 4.11. The lowest BCUT2D eigenvalue weighted by atomic mass is 10.1. The molecular weight excluding hydrogens is 142 g/mol. The highest BCUT2D eigenvalue weighted by Crippen LogP contribution is 1.99. The summed E-state index contributed by atoms with van der Waals surface area (Å²) in [5, 5.41) is 11.7. The van der Waals surface area contributed by atoms with Gasteiger partial charge in [0.15, 0.2) is 0 Å². The molecule has 0 aromatic rings. The lowest BCUT2D eigenvalue weighted by Crippen LogP contribution is -2.40. The molecule has 66 valence electrons. The van der Waals surface area contributed by atoms with Gasteiger partial charge in [-0.05, 0) is 5.92 Å². The molecule has 0 saturated heterocycles. The van der Waals surface area contributed by atoms with Crippen molar-refractivity contribution < 1.29 is 9.90 Å². The van der Waals surface area contributed by atoms with Crippen LogP contribution in [0.1, 0.15) is 27.7 Å². The molecule has 1 unspecified atom stereocenters. The van der Waals surface area contributed by atoms with Gasteiger partial charge in [0.05, 0.1) is 0 Å². The fourth-order valence-electron chi connectivity index (χ4n) is 0.479. The summed E-state index contributed by atoms with van der Waals surface area (Å²) in [6.45, 7) is 7.29. The summed E-state index contributed by atoms with van der Waals surface area (Å²) in [7, 11) is 0. The number of nitrogens with one attached hydrogen (secondary N) is 1. The normalized spacial score (nSPS) is 13.7. The Bertz CT molecular complexity index is 132. The molecule has 0 aliphatic heterocycles. The molecule has 1 amide bonds. The SMILES string of the molecule is CC(C)C(=O)NC(O)C(C)C. The zero-order valence-electron chi connectivity index (χ0n) is 7.59. The predicted molar refractivity (Wildman–Crippen MR) is 43.8 cm³/mol. The maximum Gasteiger partial charge on any atom is 0.224 e. The minimum Gasteiger partial charge on any atom is -0.373 e. The molecule has 0 aliphatic rings. The van der Waals surface area contributed by atoms with E-state index in [1.165, 1.54) is 0 Å². The second-order valence-corrected chi connectivity index (χ2v) is 3.35. The fourth-order valence-corrected chi connectivity index (χ4v) is 0.479. The van der Waals surface area contributed by atoms with Gasteiger partial charge in [-0.1, -0.05) is 27.7 Å². The molecule has 2 N–H and O–H groups in total. The first kappa shape index (κ1) is 10.4. The standard InChI is InChI=1S/C8H17NO2/c1-5(2)7(10)9-8(11)6(3)4/h5-7,10H,1-4H3,(H,9,11). The Hall–Kier alpha value is -0.570. The van der Waals surface area contributed by atoms with E-state index in [1.807, 2.05) is 13.8 Å². The Morgan fingerprint density at radius 1 is 1.27 bits per heavy atom. The van der Waals surface area contributed by atoms with E-state index in [0.29, 0.717) is 0 Å². The van der Waals surface area contributed by atoms with Gasteiger partial charge in [0.1, 0.15) is 6.23 Å². The van der Waals surface area contributed by atoms with Gasteiger partial charge in [-0.25, -0.2) is 0 Å². The van der Waals surface area contributed by atoms with Gasteiger partial charge >= 0.3 is 0 Å². The summed E-state index contributed by atoms with van der Waals surface area (Å²) >= 11 is 0. The number of rotatable bonds is 3. The van der Waals surface area contributed by atoms with Crippen LogP contribution >= 0.6 is 0 Å². The highest BCUT2D eigenvalue weighted by molar-refractivity contribution is 5.77. The highest BCUT2D eigenvalue weighted by atomic mass is 16.3. The summed E-state index contributed by atoms with van der Waals surface area (Å²) in [4.78, 5) is 11.0. The molecule has 0 spiro atoms. The van der Waals surface area contributed by atoms with Crippen molar-refractivity contribution in [1.82, 2.24) is 5.32 Å². The van der Waals surface area contributed by atoms with Crippen molar-refractivity contribution in [2.24, 2.45) is 11.8 Å². The van der Waals surface area contributed by atoms with Gasteiger partial charge in [0.25, 0.3) is 0 Å². The molecule has 0 aromatic heterocycles. The summed E-state index contributed by atoms with van der Waals surface area (Å²) in [6.07, 6.45) is -0.718. The number of amides is 1. The van der Waals surface area contributed by atoms with E-state index in [2.05, 4.69) is 5.32 Å². The zero-order chi connectivity index (χ0) is 9.02.